The summed E-state index contributed by atoms with van der Waals surface area (Å²) in [6.07, 6.45) is 0. The molecule has 0 amide bonds. The highest BCUT2D eigenvalue weighted by molar-refractivity contribution is 5.30. The largest absolute Gasteiger partial charge is 0.271 e. The van der Waals surface area contributed by atoms with Crippen molar-refractivity contribution in [1.29, 1.82) is 0 Å². The molecule has 1 rings (SSSR count). The van der Waals surface area contributed by atoms with Gasteiger partial charge in [0.15, 0.2) is 0 Å². The van der Waals surface area contributed by atoms with Crippen molar-refractivity contribution in [1.82, 2.24) is 5.43 Å². The Balaban J connectivity index is 3.04. The van der Waals surface area contributed by atoms with Gasteiger partial charge >= 0.3 is 0 Å². The van der Waals surface area contributed by atoms with Crippen LogP contribution in [0.25, 0.3) is 0 Å². The molecule has 0 bridgehead atoms. The monoisotopic (exact) mass is 224 g/mol. The lowest BCUT2D eigenvalue weighted by Gasteiger charge is -2.28. The fourth-order valence-electron chi connectivity index (χ4n) is 1.90. The van der Waals surface area contributed by atoms with Gasteiger partial charge in [0.25, 0.3) is 0 Å². The van der Waals surface area contributed by atoms with Gasteiger partial charge in [0, 0.05) is 6.04 Å². The minimum atomic E-state index is -0.200. The first-order chi connectivity index (χ1) is 7.47. The summed E-state index contributed by atoms with van der Waals surface area (Å²) in [6.45, 7) is 8.38. The van der Waals surface area contributed by atoms with Crippen molar-refractivity contribution in [2.24, 2.45) is 17.7 Å². The normalized spacial score (nSPS) is 15.2. The van der Waals surface area contributed by atoms with Crippen LogP contribution in [0, 0.1) is 24.6 Å². The van der Waals surface area contributed by atoms with Crippen molar-refractivity contribution in [2.75, 3.05) is 0 Å². The summed E-state index contributed by atoms with van der Waals surface area (Å²) in [7, 11) is 0. The van der Waals surface area contributed by atoms with E-state index in [0.717, 1.165) is 11.1 Å². The van der Waals surface area contributed by atoms with E-state index in [0.29, 0.717) is 11.8 Å². The van der Waals surface area contributed by atoms with Gasteiger partial charge in [-0.2, -0.15) is 0 Å². The smallest absolute Gasteiger partial charge is 0.123 e. The maximum absolute atomic E-state index is 13.0. The van der Waals surface area contributed by atoms with Gasteiger partial charge in [-0.05, 0) is 42.0 Å². The first kappa shape index (κ1) is 13.1. The molecule has 1 aromatic carbocycles. The maximum atomic E-state index is 13.0. The van der Waals surface area contributed by atoms with Crippen LogP contribution in [0.15, 0.2) is 18.2 Å². The number of aryl methyl sites for hydroxylation is 1. The SMILES string of the molecule is Cc1cc(F)ccc1C(NN)C(C)C(C)C. The van der Waals surface area contributed by atoms with E-state index in [2.05, 4.69) is 26.2 Å². The molecule has 0 saturated heterocycles. The molecule has 2 nitrogen and oxygen atoms in total. The van der Waals surface area contributed by atoms with Gasteiger partial charge in [-0.3, -0.25) is 11.3 Å². The minimum absolute atomic E-state index is 0.0700. The molecule has 0 aromatic heterocycles. The predicted octanol–water partition coefficient (Wildman–Crippen LogP) is 2.93. The second-order valence-electron chi connectivity index (χ2n) is 4.75. The number of hydrogen-bond donors (Lipinski definition) is 2. The molecule has 2 atom stereocenters. The average Bonchev–Trinajstić information content (AvgIpc) is 2.21. The molecule has 0 aliphatic rings. The van der Waals surface area contributed by atoms with Gasteiger partial charge in [-0.25, -0.2) is 4.39 Å². The van der Waals surface area contributed by atoms with E-state index in [1.165, 1.54) is 6.07 Å². The first-order valence-corrected chi connectivity index (χ1v) is 5.69. The number of rotatable bonds is 4. The molecular weight excluding hydrogens is 203 g/mol. The highest BCUT2D eigenvalue weighted by Gasteiger charge is 2.22. The Hall–Kier alpha value is -0.930. The lowest BCUT2D eigenvalue weighted by Crippen LogP contribution is -2.35. The van der Waals surface area contributed by atoms with Gasteiger partial charge in [-0.15, -0.1) is 0 Å². The van der Waals surface area contributed by atoms with Crippen LogP contribution in [0.3, 0.4) is 0 Å². The zero-order valence-corrected chi connectivity index (χ0v) is 10.4. The van der Waals surface area contributed by atoms with Gasteiger partial charge in [0.1, 0.15) is 5.82 Å². The van der Waals surface area contributed by atoms with E-state index < -0.39 is 0 Å². The van der Waals surface area contributed by atoms with Crippen LogP contribution in [0.5, 0.6) is 0 Å². The lowest BCUT2D eigenvalue weighted by atomic mass is 9.85. The molecule has 0 aliphatic heterocycles. The third-order valence-corrected chi connectivity index (χ3v) is 3.32. The summed E-state index contributed by atoms with van der Waals surface area (Å²) in [5.41, 5.74) is 4.85. The summed E-state index contributed by atoms with van der Waals surface area (Å²) in [4.78, 5) is 0. The summed E-state index contributed by atoms with van der Waals surface area (Å²) < 4.78 is 13.0. The van der Waals surface area contributed by atoms with Crippen molar-refractivity contribution in [3.63, 3.8) is 0 Å². The second kappa shape index (κ2) is 5.41. The van der Waals surface area contributed by atoms with Crippen molar-refractivity contribution < 1.29 is 4.39 Å². The Morgan fingerprint density at radius 3 is 2.31 bits per heavy atom. The molecular formula is C13H21FN2. The lowest BCUT2D eigenvalue weighted by molar-refractivity contribution is 0.305. The van der Waals surface area contributed by atoms with Crippen LogP contribution in [0.2, 0.25) is 0 Å². The van der Waals surface area contributed by atoms with Gasteiger partial charge in [-0.1, -0.05) is 26.8 Å². The molecule has 90 valence electrons. The van der Waals surface area contributed by atoms with Crippen molar-refractivity contribution >= 4 is 0 Å². The van der Waals surface area contributed by atoms with Crippen LogP contribution < -0.4 is 11.3 Å². The van der Waals surface area contributed by atoms with E-state index in [4.69, 9.17) is 5.84 Å². The Morgan fingerprint density at radius 1 is 1.25 bits per heavy atom. The van der Waals surface area contributed by atoms with E-state index >= 15 is 0 Å². The van der Waals surface area contributed by atoms with Gasteiger partial charge < -0.3 is 0 Å². The molecule has 3 N–H and O–H groups in total. The molecule has 0 spiro atoms. The maximum Gasteiger partial charge on any atom is 0.123 e. The quantitative estimate of drug-likeness (QED) is 0.609. The zero-order valence-electron chi connectivity index (χ0n) is 10.4. The molecule has 3 heteroatoms. The summed E-state index contributed by atoms with van der Waals surface area (Å²) in [6, 6.07) is 4.92. The molecule has 1 aromatic rings. The molecule has 0 fully saturated rings. The van der Waals surface area contributed by atoms with Crippen LogP contribution in [-0.2, 0) is 0 Å². The number of hydrogen-bond acceptors (Lipinski definition) is 2. The van der Waals surface area contributed by atoms with Crippen molar-refractivity contribution in [3.05, 3.63) is 35.1 Å². The number of hydrazine groups is 1. The third kappa shape index (κ3) is 2.80. The Labute approximate surface area is 97.0 Å². The highest BCUT2D eigenvalue weighted by Crippen LogP contribution is 2.29. The van der Waals surface area contributed by atoms with Crippen LogP contribution >= 0.6 is 0 Å². The Bertz CT molecular complexity index is 350. The Kier molecular flexibility index (Phi) is 4.44. The van der Waals surface area contributed by atoms with E-state index in [9.17, 15) is 4.39 Å². The molecule has 16 heavy (non-hydrogen) atoms. The number of benzene rings is 1. The minimum Gasteiger partial charge on any atom is -0.271 e. The van der Waals surface area contributed by atoms with Crippen LogP contribution in [0.1, 0.15) is 37.9 Å². The van der Waals surface area contributed by atoms with Crippen molar-refractivity contribution in [2.45, 2.75) is 33.7 Å². The summed E-state index contributed by atoms with van der Waals surface area (Å²) in [5, 5.41) is 0. The van der Waals surface area contributed by atoms with Gasteiger partial charge in [0.2, 0.25) is 0 Å². The van der Waals surface area contributed by atoms with Crippen LogP contribution in [0.4, 0.5) is 4.39 Å². The first-order valence-electron chi connectivity index (χ1n) is 5.69. The fourth-order valence-corrected chi connectivity index (χ4v) is 1.90. The number of halogens is 1. The molecule has 0 saturated carbocycles. The summed E-state index contributed by atoms with van der Waals surface area (Å²) in [5.74, 6) is 6.32. The van der Waals surface area contributed by atoms with E-state index in [-0.39, 0.29) is 11.9 Å². The van der Waals surface area contributed by atoms with E-state index in [1.54, 1.807) is 6.07 Å². The Morgan fingerprint density at radius 2 is 1.88 bits per heavy atom. The number of nitrogens with one attached hydrogen (secondary N) is 1. The standard InChI is InChI=1S/C13H21FN2/c1-8(2)10(4)13(16-15)12-6-5-11(14)7-9(12)3/h5-8,10,13,16H,15H2,1-4H3. The summed E-state index contributed by atoms with van der Waals surface area (Å²) >= 11 is 0. The number of nitrogens with two attached hydrogens (primary N) is 1. The second-order valence-corrected chi connectivity index (χ2v) is 4.75. The molecule has 0 aliphatic carbocycles. The molecule has 0 radical (unpaired) electrons. The van der Waals surface area contributed by atoms with E-state index in [1.807, 2.05) is 13.0 Å². The molecule has 2 unspecified atom stereocenters. The zero-order chi connectivity index (χ0) is 12.3. The topological polar surface area (TPSA) is 38.0 Å². The van der Waals surface area contributed by atoms with Crippen LogP contribution in [-0.4, -0.2) is 0 Å². The fraction of sp³-hybridized carbons (Fsp3) is 0.538. The van der Waals surface area contributed by atoms with Gasteiger partial charge in [0.05, 0.1) is 0 Å². The predicted molar refractivity (Wildman–Crippen MR) is 65.2 cm³/mol. The molecule has 0 heterocycles. The highest BCUT2D eigenvalue weighted by atomic mass is 19.1. The van der Waals surface area contributed by atoms with Crippen molar-refractivity contribution in [3.8, 4) is 0 Å². The average molecular weight is 224 g/mol. The third-order valence-electron chi connectivity index (χ3n) is 3.32.